The monoisotopic (exact) mass is 491 g/mol. The molecule has 8 heteroatoms. The molecule has 0 aromatic heterocycles. The molecule has 0 saturated carbocycles. The fourth-order valence-electron chi connectivity index (χ4n) is 4.51. The zero-order valence-corrected chi connectivity index (χ0v) is 20.5. The summed E-state index contributed by atoms with van der Waals surface area (Å²) in [4.78, 5) is 15.6. The number of hydrogen-bond donors (Lipinski definition) is 1. The number of carbonyl (C=O) groups is 1. The molecule has 3 aromatic carbocycles. The largest absolute Gasteiger partial charge is 0.476 e. The molecule has 1 saturated heterocycles. The highest BCUT2D eigenvalue weighted by atomic mass is 32.2. The first kappa shape index (κ1) is 23.2. The molecule has 182 valence electrons. The van der Waals surface area contributed by atoms with Gasteiger partial charge in [0.25, 0.3) is 15.9 Å². The normalized spacial score (nSPS) is 17.6. The van der Waals surface area contributed by atoms with Gasteiger partial charge >= 0.3 is 0 Å². The number of fused-ring (bicyclic) bond motifs is 1. The van der Waals surface area contributed by atoms with E-state index in [1.165, 1.54) is 22.8 Å². The topological polar surface area (TPSA) is 79.0 Å². The molecule has 0 aliphatic carbocycles. The second-order valence-electron chi connectivity index (χ2n) is 9.00. The Morgan fingerprint density at radius 3 is 2.37 bits per heavy atom. The van der Waals surface area contributed by atoms with Gasteiger partial charge in [0.2, 0.25) is 0 Å². The van der Waals surface area contributed by atoms with Crippen LogP contribution in [0.5, 0.6) is 5.75 Å². The minimum Gasteiger partial charge on any atom is -0.476 e. The van der Waals surface area contributed by atoms with E-state index >= 15 is 0 Å². The summed E-state index contributed by atoms with van der Waals surface area (Å²) < 4.78 is 34.2. The second-order valence-corrected chi connectivity index (χ2v) is 10.9. The maximum Gasteiger partial charge on any atom is 0.264 e. The molecule has 1 fully saturated rings. The predicted molar refractivity (Wildman–Crippen MR) is 136 cm³/mol. The molecule has 35 heavy (non-hydrogen) atoms. The van der Waals surface area contributed by atoms with Crippen molar-refractivity contribution < 1.29 is 17.9 Å². The van der Waals surface area contributed by atoms with Crippen LogP contribution in [0.3, 0.4) is 0 Å². The van der Waals surface area contributed by atoms with Gasteiger partial charge in [0.05, 0.1) is 17.1 Å². The average Bonchev–Trinajstić information content (AvgIpc) is 3.42. The van der Waals surface area contributed by atoms with Gasteiger partial charge in [0, 0.05) is 25.3 Å². The molecule has 1 atom stereocenters. The number of sulfonamides is 1. The molecule has 7 nitrogen and oxygen atoms in total. The Morgan fingerprint density at radius 1 is 0.971 bits per heavy atom. The Morgan fingerprint density at radius 2 is 1.66 bits per heavy atom. The number of ether oxygens (including phenoxy) is 1. The second kappa shape index (κ2) is 9.62. The van der Waals surface area contributed by atoms with Crippen LogP contribution in [-0.4, -0.2) is 40.1 Å². The average molecular weight is 492 g/mol. The number of carbonyl (C=O) groups excluding carboxylic acids is 1. The third-order valence-corrected chi connectivity index (χ3v) is 8.30. The summed E-state index contributed by atoms with van der Waals surface area (Å²) in [5, 5.41) is 2.91. The molecule has 2 aliphatic heterocycles. The number of amides is 1. The number of rotatable bonds is 6. The van der Waals surface area contributed by atoms with Gasteiger partial charge in [-0.1, -0.05) is 42.0 Å². The number of nitrogens with zero attached hydrogens (tertiary/aromatic N) is 2. The standard InChI is InChI=1S/C27H29N3O4S/c1-20-8-14-23(15-9-20)35(32,33)30-19-26(34-25-7-3-2-6-24(25)30)27(31)28-18-21-10-12-22(13-11-21)29-16-4-5-17-29/h2-3,6-15,26H,4-5,16-19H2,1H3,(H,28,31)/t26-/m1/s1. The summed E-state index contributed by atoms with van der Waals surface area (Å²) in [7, 11) is -3.87. The predicted octanol–water partition coefficient (Wildman–Crippen LogP) is 3.87. The number of nitrogens with one attached hydrogen (secondary N) is 1. The Hall–Kier alpha value is -3.52. The van der Waals surface area contributed by atoms with Crippen molar-refractivity contribution in [1.82, 2.24) is 5.32 Å². The van der Waals surface area contributed by atoms with Gasteiger partial charge in [-0.25, -0.2) is 8.42 Å². The van der Waals surface area contributed by atoms with Crippen molar-refractivity contribution in [3.05, 3.63) is 83.9 Å². The Labute approximate surface area is 206 Å². The smallest absolute Gasteiger partial charge is 0.264 e. The van der Waals surface area contributed by atoms with Crippen molar-refractivity contribution in [2.45, 2.75) is 37.3 Å². The van der Waals surface area contributed by atoms with E-state index in [-0.39, 0.29) is 17.3 Å². The highest BCUT2D eigenvalue weighted by Crippen LogP contribution is 2.36. The number of hydrogen-bond acceptors (Lipinski definition) is 5. The van der Waals surface area contributed by atoms with Crippen LogP contribution in [0.1, 0.15) is 24.0 Å². The summed E-state index contributed by atoms with van der Waals surface area (Å²) in [5.41, 5.74) is 3.56. The van der Waals surface area contributed by atoms with E-state index in [0.29, 0.717) is 18.0 Å². The fraction of sp³-hybridized carbons (Fsp3) is 0.296. The third kappa shape index (κ3) is 4.84. The molecule has 0 radical (unpaired) electrons. The molecule has 5 rings (SSSR count). The summed E-state index contributed by atoms with van der Waals surface area (Å²) in [6.45, 7) is 4.30. The maximum atomic E-state index is 13.5. The van der Waals surface area contributed by atoms with Crippen LogP contribution in [0.15, 0.2) is 77.7 Å². The lowest BCUT2D eigenvalue weighted by atomic mass is 10.2. The van der Waals surface area contributed by atoms with Gasteiger partial charge in [-0.15, -0.1) is 0 Å². The zero-order valence-electron chi connectivity index (χ0n) is 19.7. The zero-order chi connectivity index (χ0) is 24.4. The first-order chi connectivity index (χ1) is 16.9. The molecule has 0 spiro atoms. The number of para-hydroxylation sites is 2. The highest BCUT2D eigenvalue weighted by molar-refractivity contribution is 7.92. The van der Waals surface area contributed by atoms with Gasteiger partial charge < -0.3 is 15.0 Å². The number of anilines is 2. The van der Waals surface area contributed by atoms with E-state index in [9.17, 15) is 13.2 Å². The lowest BCUT2D eigenvalue weighted by Gasteiger charge is -2.34. The van der Waals surface area contributed by atoms with Crippen LogP contribution in [0.2, 0.25) is 0 Å². The summed E-state index contributed by atoms with van der Waals surface area (Å²) >= 11 is 0. The van der Waals surface area contributed by atoms with E-state index in [1.54, 1.807) is 48.5 Å². The number of aryl methyl sites for hydroxylation is 1. The SMILES string of the molecule is Cc1ccc(S(=O)(=O)N2C[C@H](C(=O)NCc3ccc(N4CCCC4)cc3)Oc3ccccc32)cc1. The van der Waals surface area contributed by atoms with Crippen molar-refractivity contribution >= 4 is 27.3 Å². The fourth-order valence-corrected chi connectivity index (χ4v) is 5.98. The van der Waals surface area contributed by atoms with E-state index in [4.69, 9.17) is 4.74 Å². The molecule has 0 unspecified atom stereocenters. The summed E-state index contributed by atoms with van der Waals surface area (Å²) in [6.07, 6.45) is 1.48. The quantitative estimate of drug-likeness (QED) is 0.566. The maximum absolute atomic E-state index is 13.5. The van der Waals surface area contributed by atoms with Gasteiger partial charge in [-0.05, 0) is 61.7 Å². The Bertz CT molecular complexity index is 1300. The Kier molecular flexibility index (Phi) is 6.38. The van der Waals surface area contributed by atoms with E-state index in [2.05, 4.69) is 22.3 Å². The van der Waals surface area contributed by atoms with Gasteiger partial charge in [-0.3, -0.25) is 9.10 Å². The van der Waals surface area contributed by atoms with Crippen LogP contribution >= 0.6 is 0 Å². The summed E-state index contributed by atoms with van der Waals surface area (Å²) in [6, 6.07) is 21.8. The van der Waals surface area contributed by atoms with Gasteiger partial charge in [0.15, 0.2) is 6.10 Å². The molecule has 3 aromatic rings. The lowest BCUT2D eigenvalue weighted by Crippen LogP contribution is -2.50. The van der Waals surface area contributed by atoms with E-state index < -0.39 is 16.1 Å². The van der Waals surface area contributed by atoms with E-state index in [0.717, 1.165) is 24.2 Å². The van der Waals surface area contributed by atoms with Crippen LogP contribution < -0.4 is 19.3 Å². The Balaban J connectivity index is 1.31. The first-order valence-corrected chi connectivity index (χ1v) is 13.3. The van der Waals surface area contributed by atoms with Crippen LogP contribution in [0, 0.1) is 6.92 Å². The lowest BCUT2D eigenvalue weighted by molar-refractivity contribution is -0.127. The van der Waals surface area contributed by atoms with Crippen LogP contribution in [0.4, 0.5) is 11.4 Å². The van der Waals surface area contributed by atoms with Crippen molar-refractivity contribution in [2.24, 2.45) is 0 Å². The molecular formula is C27H29N3O4S. The molecule has 2 heterocycles. The van der Waals surface area contributed by atoms with Crippen LogP contribution in [-0.2, 0) is 21.4 Å². The molecular weight excluding hydrogens is 462 g/mol. The molecule has 0 bridgehead atoms. The van der Waals surface area contributed by atoms with E-state index in [1.807, 2.05) is 19.1 Å². The minimum atomic E-state index is -3.87. The van der Waals surface area contributed by atoms with Crippen LogP contribution in [0.25, 0.3) is 0 Å². The van der Waals surface area contributed by atoms with Gasteiger partial charge in [-0.2, -0.15) is 0 Å². The molecule has 1 N–H and O–H groups in total. The van der Waals surface area contributed by atoms with Gasteiger partial charge in [0.1, 0.15) is 5.75 Å². The first-order valence-electron chi connectivity index (χ1n) is 11.9. The van der Waals surface area contributed by atoms with Crippen molar-refractivity contribution in [3.8, 4) is 5.75 Å². The third-order valence-electron chi connectivity index (χ3n) is 6.51. The van der Waals surface area contributed by atoms with Crippen molar-refractivity contribution in [2.75, 3.05) is 28.8 Å². The summed E-state index contributed by atoms with van der Waals surface area (Å²) in [5.74, 6) is 0.0109. The van der Waals surface area contributed by atoms with Crippen molar-refractivity contribution in [3.63, 3.8) is 0 Å². The molecule has 1 amide bonds. The number of benzene rings is 3. The molecule has 2 aliphatic rings. The highest BCUT2D eigenvalue weighted by Gasteiger charge is 2.37. The minimum absolute atomic E-state index is 0.104. The van der Waals surface area contributed by atoms with Crippen molar-refractivity contribution in [1.29, 1.82) is 0 Å².